The molecule has 7 nitrogen and oxygen atoms in total. The molecule has 3 saturated heterocycles. The number of fused-ring (bicyclic) bond motifs is 3. The SMILES string of the molecule is Cc1c(F)c(N)cc(-c2c(F)cc3c(N4CCOC[C@H]5[C@H](F)[C@H]54)nc(O)nc3c2F)c1C(F)(F)F.F[C@@H]1C[C-]2CCCN2C1.[U]. The third kappa shape index (κ3) is 6.19. The number of alkyl halides is 5. The zero-order valence-corrected chi connectivity index (χ0v) is 28.0. The van der Waals surface area contributed by atoms with E-state index in [0.717, 1.165) is 26.3 Å². The van der Waals surface area contributed by atoms with Crippen molar-refractivity contribution in [3.63, 3.8) is 0 Å². The van der Waals surface area contributed by atoms with Crippen molar-refractivity contribution in [1.82, 2.24) is 14.9 Å². The van der Waals surface area contributed by atoms with E-state index in [0.29, 0.717) is 18.7 Å². The maximum absolute atomic E-state index is 15.7. The molecule has 2 aromatic carbocycles. The van der Waals surface area contributed by atoms with E-state index in [-0.39, 0.29) is 62.1 Å². The molecule has 0 spiro atoms. The Labute approximate surface area is 276 Å². The van der Waals surface area contributed by atoms with Crippen LogP contribution in [0, 0.1) is 67.4 Å². The average molecular weight is 869 g/mol. The molecule has 242 valence electrons. The molecule has 16 heteroatoms. The molecule has 1 aromatic heterocycles. The Morgan fingerprint density at radius 2 is 1.82 bits per heavy atom. The molecule has 0 radical (unpaired) electrons. The fourth-order valence-electron chi connectivity index (χ4n) is 6.50. The van der Waals surface area contributed by atoms with Crippen LogP contribution in [0.25, 0.3) is 22.0 Å². The number of rotatable bonds is 2. The van der Waals surface area contributed by atoms with E-state index < -0.39 is 87.4 Å². The minimum absolute atomic E-state index is 0. The number of aromatic nitrogens is 2. The maximum Gasteiger partial charge on any atom is 0.417 e. The van der Waals surface area contributed by atoms with Crippen molar-refractivity contribution in [2.75, 3.05) is 43.5 Å². The van der Waals surface area contributed by atoms with Gasteiger partial charge in [-0.05, 0) is 37.7 Å². The second-order valence-electron chi connectivity index (χ2n) is 11.4. The molecule has 3 aromatic rings. The Morgan fingerprint density at radius 3 is 2.51 bits per heavy atom. The number of nitrogens with zero attached hydrogens (tertiary/aromatic N) is 4. The van der Waals surface area contributed by atoms with Gasteiger partial charge in [-0.3, -0.25) is 0 Å². The van der Waals surface area contributed by atoms with Crippen LogP contribution in [0.2, 0.25) is 0 Å². The van der Waals surface area contributed by atoms with Crippen molar-refractivity contribution in [1.29, 1.82) is 0 Å². The van der Waals surface area contributed by atoms with Crippen LogP contribution in [0.3, 0.4) is 0 Å². The maximum atomic E-state index is 15.7. The van der Waals surface area contributed by atoms with Gasteiger partial charge in [0.05, 0.1) is 42.2 Å². The van der Waals surface area contributed by atoms with E-state index >= 15 is 8.78 Å². The molecular formula is C29H28F8N5O2U-. The number of halogens is 8. The zero-order valence-electron chi connectivity index (χ0n) is 23.9. The van der Waals surface area contributed by atoms with Crippen LogP contribution in [0.5, 0.6) is 6.01 Å². The van der Waals surface area contributed by atoms with Crippen molar-refractivity contribution in [2.24, 2.45) is 5.92 Å². The first kappa shape index (κ1) is 33.9. The predicted octanol–water partition coefficient (Wildman–Crippen LogP) is 5.86. The minimum Gasteiger partial charge on any atom is -0.479 e. The summed E-state index contributed by atoms with van der Waals surface area (Å²) in [6.07, 6.45) is -3.90. The Bertz CT molecular complexity index is 1600. The fraction of sp³-hybridized carbons (Fsp3) is 0.483. The largest absolute Gasteiger partial charge is 0.479 e. The zero-order chi connectivity index (χ0) is 31.7. The number of hydrogen-bond acceptors (Lipinski definition) is 7. The molecule has 3 N–H and O–H groups in total. The first-order chi connectivity index (χ1) is 20.8. The first-order valence-electron chi connectivity index (χ1n) is 14.0. The fourth-order valence-corrected chi connectivity index (χ4v) is 6.50. The summed E-state index contributed by atoms with van der Waals surface area (Å²) in [5.41, 5.74) is -0.695. The summed E-state index contributed by atoms with van der Waals surface area (Å²) >= 11 is 0. The molecular weight excluding hydrogens is 840 g/mol. The van der Waals surface area contributed by atoms with Gasteiger partial charge in [0, 0.05) is 54.5 Å². The van der Waals surface area contributed by atoms with Crippen molar-refractivity contribution < 1.29 is 76.1 Å². The van der Waals surface area contributed by atoms with Gasteiger partial charge in [-0.1, -0.05) is 6.42 Å². The molecule has 0 amide bonds. The summed E-state index contributed by atoms with van der Waals surface area (Å²) in [6, 6.07) is 0.899. The number of nitrogens with two attached hydrogens (primary N) is 1. The number of hydrogen-bond donors (Lipinski definition) is 2. The van der Waals surface area contributed by atoms with Gasteiger partial charge in [0.25, 0.3) is 0 Å². The van der Waals surface area contributed by atoms with Gasteiger partial charge < -0.3 is 25.4 Å². The normalized spacial score (nSPS) is 24.9. The molecule has 4 atom stereocenters. The number of nitrogen functional groups attached to an aromatic ring is 1. The Morgan fingerprint density at radius 1 is 1.09 bits per heavy atom. The molecule has 45 heavy (non-hydrogen) atoms. The van der Waals surface area contributed by atoms with E-state index in [9.17, 15) is 31.4 Å². The van der Waals surface area contributed by atoms with Gasteiger partial charge in [0.15, 0.2) is 5.82 Å². The van der Waals surface area contributed by atoms with E-state index in [2.05, 4.69) is 14.9 Å². The third-order valence-electron chi connectivity index (χ3n) is 8.60. The van der Waals surface area contributed by atoms with E-state index in [4.69, 9.17) is 10.5 Å². The standard InChI is InChI=1S/C22H17F7N4O2.C7H11FN.U/c1-7-14(22(27,28)29)8(5-12(30)15(7)24)13-11(23)4-9-18(17(13)26)31-21(34)32-20(9)33-2-3-35-6-10-16(25)19(10)33;8-6-4-7-2-1-3-9(7)5-6;/h4-5,10,16,19H,2-3,6,30H2,1H3,(H,31,32,34);6H,1-5H2;/q;-1;/t10-,16-,19-;6-;/m01./s1. The van der Waals surface area contributed by atoms with E-state index in [1.807, 2.05) is 0 Å². The number of benzene rings is 2. The minimum atomic E-state index is -5.18. The van der Waals surface area contributed by atoms with Crippen LogP contribution >= 0.6 is 0 Å². The topological polar surface area (TPSA) is 87.7 Å². The molecule has 3 aliphatic heterocycles. The smallest absolute Gasteiger partial charge is 0.417 e. The molecule has 1 aliphatic carbocycles. The van der Waals surface area contributed by atoms with Crippen molar-refractivity contribution in [3.8, 4) is 17.1 Å². The van der Waals surface area contributed by atoms with E-state index in [1.54, 1.807) is 0 Å². The third-order valence-corrected chi connectivity index (χ3v) is 8.60. The number of anilines is 2. The monoisotopic (exact) mass is 868 g/mol. The van der Waals surface area contributed by atoms with Crippen LogP contribution in [0.4, 0.5) is 46.6 Å². The Hall–Kier alpha value is -2.41. The van der Waals surface area contributed by atoms with Gasteiger partial charge in [-0.25, -0.2) is 28.0 Å². The number of aromatic hydroxyl groups is 1. The Balaban J connectivity index is 0.000000341. The van der Waals surface area contributed by atoms with Crippen LogP contribution in [-0.4, -0.2) is 71.2 Å². The molecule has 0 unspecified atom stereocenters. The van der Waals surface area contributed by atoms with Gasteiger partial charge in [-0.15, -0.1) is 6.42 Å². The van der Waals surface area contributed by atoms with Gasteiger partial charge in [0.2, 0.25) is 0 Å². The molecule has 4 heterocycles. The molecule has 0 bridgehead atoms. The second kappa shape index (κ2) is 12.7. The number of ether oxygens (including phenoxy) is 1. The van der Waals surface area contributed by atoms with Gasteiger partial charge >= 0.3 is 12.2 Å². The van der Waals surface area contributed by atoms with Crippen LogP contribution in [0.15, 0.2) is 12.1 Å². The molecule has 1 saturated carbocycles. The second-order valence-corrected chi connectivity index (χ2v) is 11.4. The molecule has 7 rings (SSSR count). The summed E-state index contributed by atoms with van der Waals surface area (Å²) in [5, 5.41) is 9.77. The van der Waals surface area contributed by atoms with Crippen molar-refractivity contribution in [2.45, 2.75) is 50.7 Å². The average Bonchev–Trinajstić information content (AvgIpc) is 3.24. The van der Waals surface area contributed by atoms with Crippen LogP contribution in [-0.2, 0) is 10.9 Å². The summed E-state index contributed by atoms with van der Waals surface area (Å²) in [7, 11) is 0. The first-order valence-corrected chi connectivity index (χ1v) is 14.0. The predicted molar refractivity (Wildman–Crippen MR) is 145 cm³/mol. The molecule has 4 aliphatic rings. The van der Waals surface area contributed by atoms with Crippen LogP contribution in [0.1, 0.15) is 30.4 Å². The van der Waals surface area contributed by atoms with Crippen molar-refractivity contribution >= 4 is 22.4 Å². The van der Waals surface area contributed by atoms with Gasteiger partial charge in [-0.2, -0.15) is 29.6 Å². The van der Waals surface area contributed by atoms with Crippen LogP contribution < -0.4 is 10.6 Å². The van der Waals surface area contributed by atoms with Gasteiger partial charge in [0.1, 0.15) is 29.1 Å². The Kier molecular flexibility index (Phi) is 9.54. The summed E-state index contributed by atoms with van der Waals surface area (Å²) in [5.74, 6) is -5.05. The summed E-state index contributed by atoms with van der Waals surface area (Å²) in [6.45, 7) is 2.95. The summed E-state index contributed by atoms with van der Waals surface area (Å²) < 4.78 is 119. The van der Waals surface area contributed by atoms with E-state index in [1.165, 1.54) is 17.4 Å². The molecule has 4 fully saturated rings. The van der Waals surface area contributed by atoms with Crippen molar-refractivity contribution in [3.05, 3.63) is 46.8 Å². The summed E-state index contributed by atoms with van der Waals surface area (Å²) in [4.78, 5) is 11.0. The quantitative estimate of drug-likeness (QED) is 0.190.